The van der Waals surface area contributed by atoms with Crippen LogP contribution >= 0.6 is 23.5 Å². The van der Waals surface area contributed by atoms with Crippen molar-refractivity contribution in [3.8, 4) is 0 Å². The van der Waals surface area contributed by atoms with Crippen LogP contribution in [-0.4, -0.2) is 35.5 Å². The molecule has 12 heavy (non-hydrogen) atoms. The minimum atomic E-state index is 0.571. The van der Waals surface area contributed by atoms with Crippen LogP contribution in [0.2, 0.25) is 0 Å². The molecule has 0 saturated carbocycles. The quantitative estimate of drug-likeness (QED) is 0.756. The van der Waals surface area contributed by atoms with Gasteiger partial charge in [-0.3, -0.25) is 4.99 Å². The molecule has 0 aliphatic carbocycles. The summed E-state index contributed by atoms with van der Waals surface area (Å²) >= 11 is 3.74. The minimum Gasteiger partial charge on any atom is -0.362 e. The fraction of sp³-hybridized carbons (Fsp3) is 0.875. The highest BCUT2D eigenvalue weighted by molar-refractivity contribution is 8.14. The zero-order valence-corrected chi connectivity index (χ0v) is 9.30. The minimum absolute atomic E-state index is 0.571. The second kappa shape index (κ2) is 5.75. The van der Waals surface area contributed by atoms with Gasteiger partial charge < -0.3 is 5.32 Å². The highest BCUT2D eigenvalue weighted by Gasteiger charge is 2.09. The van der Waals surface area contributed by atoms with Crippen LogP contribution in [0, 0.1) is 0 Å². The molecule has 1 heterocycles. The van der Waals surface area contributed by atoms with Gasteiger partial charge in [0.25, 0.3) is 0 Å². The summed E-state index contributed by atoms with van der Waals surface area (Å²) in [5.41, 5.74) is 0. The predicted octanol–water partition coefficient (Wildman–Crippen LogP) is 1.82. The number of hydrogen-bond donors (Lipinski definition) is 1. The third kappa shape index (κ3) is 3.72. The Labute approximate surface area is 83.0 Å². The number of thioether (sulfide) groups is 2. The van der Waals surface area contributed by atoms with Gasteiger partial charge in [-0.15, -0.1) is 0 Å². The van der Waals surface area contributed by atoms with Gasteiger partial charge in [0.1, 0.15) is 0 Å². The van der Waals surface area contributed by atoms with Crippen molar-refractivity contribution in [3.05, 3.63) is 0 Å². The van der Waals surface area contributed by atoms with Gasteiger partial charge in [-0.25, -0.2) is 0 Å². The van der Waals surface area contributed by atoms with Crippen molar-refractivity contribution in [3.63, 3.8) is 0 Å². The summed E-state index contributed by atoms with van der Waals surface area (Å²) in [6.45, 7) is 3.21. The van der Waals surface area contributed by atoms with Crippen LogP contribution in [0.25, 0.3) is 0 Å². The van der Waals surface area contributed by atoms with Crippen LogP contribution in [0.4, 0.5) is 0 Å². The largest absolute Gasteiger partial charge is 0.362 e. The van der Waals surface area contributed by atoms with E-state index >= 15 is 0 Å². The lowest BCUT2D eigenvalue weighted by Crippen LogP contribution is -2.30. The van der Waals surface area contributed by atoms with Gasteiger partial charge in [0.05, 0.1) is 6.54 Å². The molecule has 70 valence electrons. The second-order valence-electron chi connectivity index (χ2n) is 2.86. The topological polar surface area (TPSA) is 24.4 Å². The summed E-state index contributed by atoms with van der Waals surface area (Å²) in [5.74, 6) is 2.38. The van der Waals surface area contributed by atoms with Crippen molar-refractivity contribution in [1.82, 2.24) is 5.32 Å². The number of nitrogens with zero attached hydrogens (tertiary/aromatic N) is 1. The summed E-state index contributed by atoms with van der Waals surface area (Å²) in [5, 5.41) is 4.56. The smallest absolute Gasteiger partial charge is 0.156 e. The van der Waals surface area contributed by atoms with Gasteiger partial charge in [0.2, 0.25) is 0 Å². The SMILES string of the molecule is CSCCC(C)NC1=NCCS1. The van der Waals surface area contributed by atoms with E-state index in [0.717, 1.165) is 17.5 Å². The summed E-state index contributed by atoms with van der Waals surface area (Å²) in [6, 6.07) is 0.571. The lowest BCUT2D eigenvalue weighted by atomic mass is 10.3. The first kappa shape index (κ1) is 10.3. The molecule has 1 rings (SSSR count). The van der Waals surface area contributed by atoms with Gasteiger partial charge in [-0.1, -0.05) is 11.8 Å². The Hall–Kier alpha value is 0.170. The van der Waals surface area contributed by atoms with E-state index in [9.17, 15) is 0 Å². The van der Waals surface area contributed by atoms with Crippen molar-refractivity contribution in [2.45, 2.75) is 19.4 Å². The van der Waals surface area contributed by atoms with Crippen LogP contribution < -0.4 is 5.32 Å². The van der Waals surface area contributed by atoms with Gasteiger partial charge in [0.15, 0.2) is 5.17 Å². The van der Waals surface area contributed by atoms with E-state index in [0.29, 0.717) is 6.04 Å². The Morgan fingerprint density at radius 2 is 2.58 bits per heavy atom. The standard InChI is InChI=1S/C8H16N2S2/c1-7(3-5-11-2)10-8-9-4-6-12-8/h7H,3-6H2,1-2H3,(H,9,10). The van der Waals surface area contributed by atoms with E-state index in [-0.39, 0.29) is 0 Å². The van der Waals surface area contributed by atoms with Crippen LogP contribution in [0.3, 0.4) is 0 Å². The second-order valence-corrected chi connectivity index (χ2v) is 4.93. The molecule has 0 aromatic rings. The normalized spacial score (nSPS) is 19.0. The van der Waals surface area contributed by atoms with E-state index in [1.54, 1.807) is 0 Å². The van der Waals surface area contributed by atoms with E-state index in [2.05, 4.69) is 23.5 Å². The molecule has 0 amide bonds. The third-order valence-electron chi connectivity index (χ3n) is 1.71. The summed E-state index contributed by atoms with van der Waals surface area (Å²) in [6.07, 6.45) is 3.37. The molecule has 1 aliphatic rings. The monoisotopic (exact) mass is 204 g/mol. The molecule has 1 unspecified atom stereocenters. The third-order valence-corrected chi connectivity index (χ3v) is 3.26. The molecular weight excluding hydrogens is 188 g/mol. The molecule has 0 bridgehead atoms. The molecule has 2 nitrogen and oxygen atoms in total. The van der Waals surface area contributed by atoms with Crippen molar-refractivity contribution < 1.29 is 0 Å². The van der Waals surface area contributed by atoms with Crippen molar-refractivity contribution in [1.29, 1.82) is 0 Å². The molecule has 1 aliphatic heterocycles. The molecule has 1 N–H and O–H groups in total. The lowest BCUT2D eigenvalue weighted by Gasteiger charge is -2.13. The maximum Gasteiger partial charge on any atom is 0.156 e. The molecule has 0 aromatic heterocycles. The summed E-state index contributed by atoms with van der Waals surface area (Å²) in [4.78, 5) is 4.35. The maximum absolute atomic E-state index is 4.35. The molecule has 0 saturated heterocycles. The van der Waals surface area contributed by atoms with Crippen molar-refractivity contribution in [2.24, 2.45) is 4.99 Å². The average molecular weight is 204 g/mol. The first-order valence-corrected chi connectivity index (χ1v) is 6.63. The molecule has 0 aromatic carbocycles. The number of amidine groups is 1. The number of aliphatic imine (C=N–C) groups is 1. The Balaban J connectivity index is 2.12. The average Bonchev–Trinajstić information content (AvgIpc) is 2.53. The molecule has 1 atom stereocenters. The molecule has 4 heteroatoms. The first-order chi connectivity index (χ1) is 5.83. The van der Waals surface area contributed by atoms with Crippen LogP contribution in [0.1, 0.15) is 13.3 Å². The fourth-order valence-electron chi connectivity index (χ4n) is 1.00. The molecule has 0 fully saturated rings. The van der Waals surface area contributed by atoms with E-state index in [1.165, 1.54) is 12.2 Å². The maximum atomic E-state index is 4.35. The van der Waals surface area contributed by atoms with E-state index in [1.807, 2.05) is 23.5 Å². The van der Waals surface area contributed by atoms with Crippen LogP contribution in [0.15, 0.2) is 4.99 Å². The number of nitrogens with one attached hydrogen (secondary N) is 1. The van der Waals surface area contributed by atoms with Gasteiger partial charge in [-0.2, -0.15) is 11.8 Å². The van der Waals surface area contributed by atoms with Gasteiger partial charge in [0, 0.05) is 11.8 Å². The fourth-order valence-corrected chi connectivity index (χ4v) is 2.43. The Morgan fingerprint density at radius 1 is 1.75 bits per heavy atom. The van der Waals surface area contributed by atoms with Gasteiger partial charge >= 0.3 is 0 Å². The zero-order valence-electron chi connectivity index (χ0n) is 7.67. The van der Waals surface area contributed by atoms with E-state index in [4.69, 9.17) is 0 Å². The summed E-state index contributed by atoms with van der Waals surface area (Å²) in [7, 11) is 0. The first-order valence-electron chi connectivity index (χ1n) is 4.25. The Kier molecular flexibility index (Phi) is 4.92. The Bertz CT molecular complexity index is 159. The molecule has 0 radical (unpaired) electrons. The van der Waals surface area contributed by atoms with Crippen molar-refractivity contribution in [2.75, 3.05) is 24.3 Å². The summed E-state index contributed by atoms with van der Waals surface area (Å²) < 4.78 is 0. The molecule has 0 spiro atoms. The Morgan fingerprint density at radius 3 is 3.17 bits per heavy atom. The van der Waals surface area contributed by atoms with Crippen molar-refractivity contribution >= 4 is 28.7 Å². The number of hydrogen-bond acceptors (Lipinski definition) is 4. The zero-order chi connectivity index (χ0) is 8.81. The predicted molar refractivity (Wildman–Crippen MR) is 60.4 cm³/mol. The highest BCUT2D eigenvalue weighted by Crippen LogP contribution is 2.10. The van der Waals surface area contributed by atoms with Crippen LogP contribution in [-0.2, 0) is 0 Å². The molecular formula is C8H16N2S2. The lowest BCUT2D eigenvalue weighted by molar-refractivity contribution is 0.652. The number of rotatable bonds is 4. The highest BCUT2D eigenvalue weighted by atomic mass is 32.2. The van der Waals surface area contributed by atoms with Crippen LogP contribution in [0.5, 0.6) is 0 Å². The van der Waals surface area contributed by atoms with E-state index < -0.39 is 0 Å². The van der Waals surface area contributed by atoms with Gasteiger partial charge in [-0.05, 0) is 25.4 Å².